The summed E-state index contributed by atoms with van der Waals surface area (Å²) < 4.78 is 26.9. The third-order valence-electron chi connectivity index (χ3n) is 6.09. The van der Waals surface area contributed by atoms with Gasteiger partial charge in [0.05, 0.1) is 0 Å². The highest BCUT2D eigenvalue weighted by Gasteiger charge is 2.31. The van der Waals surface area contributed by atoms with Gasteiger partial charge in [-0.15, -0.1) is 0 Å². The first-order valence-corrected chi connectivity index (χ1v) is 12.1. The number of aryl methyl sites for hydroxylation is 1. The Balaban J connectivity index is 1.53. The molecule has 2 aliphatic rings. The van der Waals surface area contributed by atoms with Crippen LogP contribution in [0.5, 0.6) is 0 Å². The van der Waals surface area contributed by atoms with Crippen molar-refractivity contribution in [3.8, 4) is 0 Å². The highest BCUT2D eigenvalue weighted by molar-refractivity contribution is 7.89. The molecule has 2 fully saturated rings. The van der Waals surface area contributed by atoms with Crippen LogP contribution in [0, 0.1) is 12.8 Å². The predicted octanol–water partition coefficient (Wildman–Crippen LogP) is 2.53. The Kier molecular flexibility index (Phi) is 6.99. The lowest BCUT2D eigenvalue weighted by Crippen LogP contribution is -2.51. The van der Waals surface area contributed by atoms with Gasteiger partial charge in [-0.1, -0.05) is 38.3 Å². The van der Waals surface area contributed by atoms with Crippen LogP contribution in [0.3, 0.4) is 0 Å². The maximum atomic E-state index is 12.7. The van der Waals surface area contributed by atoms with E-state index in [0.29, 0.717) is 32.1 Å². The molecule has 3 rings (SSSR count). The van der Waals surface area contributed by atoms with Gasteiger partial charge in [-0.2, -0.15) is 4.31 Å². The van der Waals surface area contributed by atoms with E-state index in [0.717, 1.165) is 31.4 Å². The zero-order valence-electron chi connectivity index (χ0n) is 17.1. The molecule has 1 saturated carbocycles. The molecule has 156 valence electrons. The van der Waals surface area contributed by atoms with Crippen LogP contribution in [0.15, 0.2) is 24.3 Å². The molecular weight excluding hydrogens is 374 g/mol. The van der Waals surface area contributed by atoms with E-state index in [4.69, 9.17) is 0 Å². The Labute approximate surface area is 169 Å². The van der Waals surface area contributed by atoms with E-state index in [9.17, 15) is 13.2 Å². The number of anilines is 1. The lowest BCUT2D eigenvalue weighted by atomic mass is 9.83. The third kappa shape index (κ3) is 5.26. The van der Waals surface area contributed by atoms with Gasteiger partial charge in [-0.05, 0) is 43.4 Å². The van der Waals surface area contributed by atoms with Crippen molar-refractivity contribution in [3.63, 3.8) is 0 Å². The lowest BCUT2D eigenvalue weighted by Gasteiger charge is -2.35. The normalized spacial score (nSPS) is 24.1. The Bertz CT molecular complexity index is 773. The van der Waals surface area contributed by atoms with E-state index < -0.39 is 15.8 Å². The average molecular weight is 408 g/mol. The first kappa shape index (κ1) is 21.1. The van der Waals surface area contributed by atoms with Crippen LogP contribution in [-0.4, -0.2) is 56.6 Å². The zero-order valence-corrected chi connectivity index (χ0v) is 17.9. The summed E-state index contributed by atoms with van der Waals surface area (Å²) in [6.45, 7) is 6.32. The van der Waals surface area contributed by atoms with Gasteiger partial charge in [0.25, 0.3) is 0 Å². The summed E-state index contributed by atoms with van der Waals surface area (Å²) in [6, 6.07) is 8.37. The van der Waals surface area contributed by atoms with Crippen molar-refractivity contribution in [1.29, 1.82) is 0 Å². The van der Waals surface area contributed by atoms with Gasteiger partial charge < -0.3 is 10.2 Å². The molecule has 28 heavy (non-hydrogen) atoms. The van der Waals surface area contributed by atoms with Crippen LogP contribution in [0.25, 0.3) is 0 Å². The standard InChI is InChI=1S/C21H33N3O3S/c1-3-18-8-4-5-10-20(18)22-21(25)16-28(26,27)24-13-11-23(12-14-24)19-9-6-7-17(2)15-19/h6-7,9,15,18,20H,3-5,8,10-14,16H2,1-2H3,(H,22,25). The second-order valence-corrected chi connectivity index (χ2v) is 10.1. The monoisotopic (exact) mass is 407 g/mol. The fourth-order valence-corrected chi connectivity index (χ4v) is 5.76. The van der Waals surface area contributed by atoms with Crippen molar-refractivity contribution in [3.05, 3.63) is 29.8 Å². The summed E-state index contributed by atoms with van der Waals surface area (Å²) >= 11 is 0. The number of nitrogens with one attached hydrogen (secondary N) is 1. The number of benzene rings is 1. The second kappa shape index (κ2) is 9.27. The van der Waals surface area contributed by atoms with Crippen LogP contribution >= 0.6 is 0 Å². The average Bonchev–Trinajstić information content (AvgIpc) is 2.68. The zero-order chi connectivity index (χ0) is 20.1. The van der Waals surface area contributed by atoms with Crippen molar-refractivity contribution in [2.45, 2.75) is 52.0 Å². The van der Waals surface area contributed by atoms with Crippen LogP contribution in [0.1, 0.15) is 44.6 Å². The molecule has 2 atom stereocenters. The third-order valence-corrected chi connectivity index (χ3v) is 7.87. The number of rotatable bonds is 6. The molecular formula is C21H33N3O3S. The van der Waals surface area contributed by atoms with Gasteiger partial charge in [0.15, 0.2) is 0 Å². The molecule has 1 amide bonds. The largest absolute Gasteiger partial charge is 0.369 e. The number of hydrogen-bond acceptors (Lipinski definition) is 4. The molecule has 1 aliphatic carbocycles. The van der Waals surface area contributed by atoms with Gasteiger partial charge in [0.1, 0.15) is 5.75 Å². The maximum absolute atomic E-state index is 12.7. The minimum atomic E-state index is -3.58. The fraction of sp³-hybridized carbons (Fsp3) is 0.667. The molecule has 7 heteroatoms. The van der Waals surface area contributed by atoms with Crippen molar-refractivity contribution in [2.75, 3.05) is 36.8 Å². The molecule has 1 aromatic rings. The van der Waals surface area contributed by atoms with Crippen molar-refractivity contribution in [2.24, 2.45) is 5.92 Å². The molecule has 1 heterocycles. The van der Waals surface area contributed by atoms with Crippen LogP contribution in [0.4, 0.5) is 5.69 Å². The van der Waals surface area contributed by atoms with Gasteiger partial charge in [0.2, 0.25) is 15.9 Å². The SMILES string of the molecule is CCC1CCCCC1NC(=O)CS(=O)(=O)N1CCN(c2cccc(C)c2)CC1. The number of piperazine rings is 1. The van der Waals surface area contributed by atoms with Crippen LogP contribution in [-0.2, 0) is 14.8 Å². The van der Waals surface area contributed by atoms with E-state index in [-0.39, 0.29) is 11.9 Å². The number of hydrogen-bond donors (Lipinski definition) is 1. The van der Waals surface area contributed by atoms with Gasteiger partial charge >= 0.3 is 0 Å². The molecule has 1 saturated heterocycles. The first-order chi connectivity index (χ1) is 13.4. The van der Waals surface area contributed by atoms with E-state index in [1.165, 1.54) is 16.3 Å². The van der Waals surface area contributed by atoms with Crippen molar-refractivity contribution in [1.82, 2.24) is 9.62 Å². The number of amides is 1. The number of carbonyl (C=O) groups excluding carboxylic acids is 1. The van der Waals surface area contributed by atoms with Gasteiger partial charge in [-0.25, -0.2) is 8.42 Å². The summed E-state index contributed by atoms with van der Waals surface area (Å²) in [4.78, 5) is 14.6. The Morgan fingerprint density at radius 2 is 1.86 bits per heavy atom. The van der Waals surface area contributed by atoms with E-state index in [1.54, 1.807) is 0 Å². The molecule has 1 aliphatic heterocycles. The van der Waals surface area contributed by atoms with E-state index >= 15 is 0 Å². The maximum Gasteiger partial charge on any atom is 0.236 e. The number of carbonyl (C=O) groups is 1. The minimum absolute atomic E-state index is 0.125. The van der Waals surface area contributed by atoms with Gasteiger partial charge in [0, 0.05) is 37.9 Å². The van der Waals surface area contributed by atoms with E-state index in [2.05, 4.69) is 42.3 Å². The minimum Gasteiger partial charge on any atom is -0.369 e. The second-order valence-electron chi connectivity index (χ2n) is 8.11. The lowest BCUT2D eigenvalue weighted by molar-refractivity contribution is -0.120. The highest BCUT2D eigenvalue weighted by atomic mass is 32.2. The van der Waals surface area contributed by atoms with Crippen LogP contribution in [0.2, 0.25) is 0 Å². The Hall–Kier alpha value is -1.60. The quantitative estimate of drug-likeness (QED) is 0.787. The number of nitrogens with zero attached hydrogens (tertiary/aromatic N) is 2. The molecule has 1 N–H and O–H groups in total. The molecule has 0 aromatic heterocycles. The highest BCUT2D eigenvalue weighted by Crippen LogP contribution is 2.27. The topological polar surface area (TPSA) is 69.7 Å². The summed E-state index contributed by atoms with van der Waals surface area (Å²) in [5.41, 5.74) is 2.31. The summed E-state index contributed by atoms with van der Waals surface area (Å²) in [7, 11) is -3.58. The molecule has 0 radical (unpaired) electrons. The predicted molar refractivity (Wildman–Crippen MR) is 113 cm³/mol. The van der Waals surface area contributed by atoms with Crippen LogP contribution < -0.4 is 10.2 Å². The van der Waals surface area contributed by atoms with E-state index in [1.807, 2.05) is 6.07 Å². The summed E-state index contributed by atoms with van der Waals surface area (Å²) in [6.07, 6.45) is 5.41. The summed E-state index contributed by atoms with van der Waals surface area (Å²) in [5.74, 6) is -0.325. The molecule has 0 spiro atoms. The molecule has 2 unspecified atom stereocenters. The Morgan fingerprint density at radius 1 is 1.14 bits per heavy atom. The first-order valence-electron chi connectivity index (χ1n) is 10.5. The van der Waals surface area contributed by atoms with Crippen molar-refractivity contribution >= 4 is 21.6 Å². The van der Waals surface area contributed by atoms with Crippen molar-refractivity contribution < 1.29 is 13.2 Å². The Morgan fingerprint density at radius 3 is 2.54 bits per heavy atom. The molecule has 1 aromatic carbocycles. The molecule has 6 nitrogen and oxygen atoms in total. The number of sulfonamides is 1. The molecule has 0 bridgehead atoms. The smallest absolute Gasteiger partial charge is 0.236 e. The summed E-state index contributed by atoms with van der Waals surface area (Å²) in [5, 5.41) is 3.00. The van der Waals surface area contributed by atoms with Gasteiger partial charge in [-0.3, -0.25) is 4.79 Å². The fourth-order valence-electron chi connectivity index (χ4n) is 4.44.